The lowest BCUT2D eigenvalue weighted by molar-refractivity contribution is -0.125. The molecular weight excluding hydrogens is 144 g/mol. The number of nitrogens with one attached hydrogen (secondary N) is 2. The third-order valence-corrected chi connectivity index (χ3v) is 2.16. The van der Waals surface area contributed by atoms with Crippen LogP contribution in [0.5, 0.6) is 0 Å². The van der Waals surface area contributed by atoms with E-state index in [1.165, 1.54) is 0 Å². The summed E-state index contributed by atoms with van der Waals surface area (Å²) < 4.78 is 0. The van der Waals surface area contributed by atoms with Gasteiger partial charge < -0.3 is 15.7 Å². The molecule has 1 fully saturated rings. The molecule has 4 nitrogen and oxygen atoms in total. The van der Waals surface area contributed by atoms with Gasteiger partial charge in [0.05, 0.1) is 5.92 Å². The van der Waals surface area contributed by atoms with E-state index in [9.17, 15) is 4.79 Å². The number of carbonyl (C=O) groups excluding carboxylic acids is 1. The Bertz CT molecular complexity index is 149. The number of aliphatic hydroxyl groups excluding tert-OH is 1. The predicted molar refractivity (Wildman–Crippen MR) is 41.0 cm³/mol. The van der Waals surface area contributed by atoms with E-state index in [1.54, 1.807) is 7.05 Å². The molecule has 1 heterocycles. The first-order valence-electron chi connectivity index (χ1n) is 3.82. The number of hydrogen-bond acceptors (Lipinski definition) is 3. The molecule has 2 unspecified atom stereocenters. The van der Waals surface area contributed by atoms with E-state index in [0.29, 0.717) is 6.54 Å². The van der Waals surface area contributed by atoms with Crippen molar-refractivity contribution < 1.29 is 9.90 Å². The van der Waals surface area contributed by atoms with Crippen LogP contribution in [0, 0.1) is 11.8 Å². The SMILES string of the molecule is CNC(=O)C1CNCC1CO. The highest BCUT2D eigenvalue weighted by atomic mass is 16.3. The Morgan fingerprint density at radius 2 is 2.45 bits per heavy atom. The van der Waals surface area contributed by atoms with Crippen molar-refractivity contribution in [2.45, 2.75) is 0 Å². The Hall–Kier alpha value is -0.610. The molecule has 0 saturated carbocycles. The van der Waals surface area contributed by atoms with Crippen molar-refractivity contribution in [2.24, 2.45) is 11.8 Å². The van der Waals surface area contributed by atoms with E-state index in [4.69, 9.17) is 5.11 Å². The highest BCUT2D eigenvalue weighted by Crippen LogP contribution is 2.15. The van der Waals surface area contributed by atoms with Gasteiger partial charge in [0.15, 0.2) is 0 Å². The molecule has 0 aromatic rings. The molecule has 0 radical (unpaired) electrons. The molecule has 0 aromatic heterocycles. The molecule has 0 aromatic carbocycles. The van der Waals surface area contributed by atoms with E-state index in [1.807, 2.05) is 0 Å². The van der Waals surface area contributed by atoms with Gasteiger partial charge in [0.2, 0.25) is 5.91 Å². The Morgan fingerprint density at radius 3 is 3.00 bits per heavy atom. The van der Waals surface area contributed by atoms with Crippen molar-refractivity contribution in [3.05, 3.63) is 0 Å². The van der Waals surface area contributed by atoms with Crippen LogP contribution in [0.25, 0.3) is 0 Å². The van der Waals surface area contributed by atoms with E-state index in [0.717, 1.165) is 6.54 Å². The summed E-state index contributed by atoms with van der Waals surface area (Å²) in [6.07, 6.45) is 0. The Morgan fingerprint density at radius 1 is 1.73 bits per heavy atom. The fourth-order valence-electron chi connectivity index (χ4n) is 1.42. The van der Waals surface area contributed by atoms with Gasteiger partial charge >= 0.3 is 0 Å². The highest BCUT2D eigenvalue weighted by Gasteiger charge is 2.31. The quantitative estimate of drug-likeness (QED) is 0.461. The maximum Gasteiger partial charge on any atom is 0.224 e. The van der Waals surface area contributed by atoms with Crippen molar-refractivity contribution in [1.29, 1.82) is 0 Å². The second-order valence-corrected chi connectivity index (χ2v) is 2.82. The van der Waals surface area contributed by atoms with Crippen molar-refractivity contribution in [3.63, 3.8) is 0 Å². The average Bonchev–Trinajstić information content (AvgIpc) is 2.50. The Balaban J connectivity index is 2.49. The first-order valence-corrected chi connectivity index (χ1v) is 3.82. The summed E-state index contributed by atoms with van der Waals surface area (Å²) in [5.41, 5.74) is 0. The van der Waals surface area contributed by atoms with Crippen LogP contribution in [0.3, 0.4) is 0 Å². The second-order valence-electron chi connectivity index (χ2n) is 2.82. The molecule has 3 N–H and O–H groups in total. The molecule has 0 spiro atoms. The van der Waals surface area contributed by atoms with Crippen LogP contribution >= 0.6 is 0 Å². The average molecular weight is 158 g/mol. The van der Waals surface area contributed by atoms with Crippen LogP contribution in [-0.2, 0) is 4.79 Å². The zero-order valence-corrected chi connectivity index (χ0v) is 6.63. The molecule has 2 atom stereocenters. The highest BCUT2D eigenvalue weighted by molar-refractivity contribution is 5.79. The van der Waals surface area contributed by atoms with E-state index in [-0.39, 0.29) is 24.3 Å². The van der Waals surface area contributed by atoms with E-state index in [2.05, 4.69) is 10.6 Å². The molecule has 0 bridgehead atoms. The summed E-state index contributed by atoms with van der Waals surface area (Å²) in [6.45, 7) is 1.52. The molecule has 0 aliphatic carbocycles. The molecule has 1 amide bonds. The van der Waals surface area contributed by atoms with Crippen LogP contribution in [-0.4, -0.2) is 37.8 Å². The molecule has 11 heavy (non-hydrogen) atoms. The normalized spacial score (nSPS) is 30.4. The zero-order valence-electron chi connectivity index (χ0n) is 6.63. The molecule has 1 aliphatic rings. The standard InChI is InChI=1S/C7H14N2O2/c1-8-7(11)6-3-9-2-5(6)4-10/h5-6,9-10H,2-4H2,1H3,(H,8,11). The van der Waals surface area contributed by atoms with Gasteiger partial charge in [-0.2, -0.15) is 0 Å². The van der Waals surface area contributed by atoms with Crippen LogP contribution in [0.2, 0.25) is 0 Å². The number of aliphatic hydroxyl groups is 1. The third kappa shape index (κ3) is 1.70. The maximum atomic E-state index is 11.1. The Kier molecular flexibility index (Phi) is 2.84. The van der Waals surface area contributed by atoms with Crippen LogP contribution in [0.1, 0.15) is 0 Å². The van der Waals surface area contributed by atoms with Gasteiger partial charge in [0.25, 0.3) is 0 Å². The maximum absolute atomic E-state index is 11.1. The second kappa shape index (κ2) is 3.69. The number of hydrogen-bond donors (Lipinski definition) is 3. The summed E-state index contributed by atoms with van der Waals surface area (Å²) >= 11 is 0. The van der Waals surface area contributed by atoms with Crippen molar-refractivity contribution in [2.75, 3.05) is 26.7 Å². The van der Waals surface area contributed by atoms with Crippen LogP contribution in [0.15, 0.2) is 0 Å². The summed E-state index contributed by atoms with van der Waals surface area (Å²) in [4.78, 5) is 11.1. The fourth-order valence-corrected chi connectivity index (χ4v) is 1.42. The van der Waals surface area contributed by atoms with Gasteiger partial charge in [-0.25, -0.2) is 0 Å². The summed E-state index contributed by atoms with van der Waals surface area (Å²) in [6, 6.07) is 0. The molecule has 1 rings (SSSR count). The number of rotatable bonds is 2. The molecule has 1 aliphatic heterocycles. The number of carbonyl (C=O) groups is 1. The van der Waals surface area contributed by atoms with Gasteiger partial charge in [0, 0.05) is 32.7 Å². The largest absolute Gasteiger partial charge is 0.396 e. The first-order chi connectivity index (χ1) is 5.29. The van der Waals surface area contributed by atoms with Gasteiger partial charge in [-0.15, -0.1) is 0 Å². The van der Waals surface area contributed by atoms with E-state index >= 15 is 0 Å². The monoisotopic (exact) mass is 158 g/mol. The lowest BCUT2D eigenvalue weighted by atomic mass is 9.96. The minimum Gasteiger partial charge on any atom is -0.396 e. The lowest BCUT2D eigenvalue weighted by Gasteiger charge is -2.13. The van der Waals surface area contributed by atoms with Gasteiger partial charge in [-0.1, -0.05) is 0 Å². The first kappa shape index (κ1) is 8.49. The molecule has 1 saturated heterocycles. The molecule has 4 heteroatoms. The minimum atomic E-state index is -0.0509. The van der Waals surface area contributed by atoms with Gasteiger partial charge in [-0.05, 0) is 0 Å². The van der Waals surface area contributed by atoms with Gasteiger partial charge in [-0.3, -0.25) is 4.79 Å². The molecular formula is C7H14N2O2. The summed E-state index contributed by atoms with van der Waals surface area (Å²) in [7, 11) is 1.62. The van der Waals surface area contributed by atoms with Crippen LogP contribution < -0.4 is 10.6 Å². The Labute approximate surface area is 66.0 Å². The zero-order chi connectivity index (χ0) is 8.27. The van der Waals surface area contributed by atoms with Crippen LogP contribution in [0.4, 0.5) is 0 Å². The summed E-state index contributed by atoms with van der Waals surface area (Å²) in [5, 5.41) is 14.5. The van der Waals surface area contributed by atoms with E-state index < -0.39 is 0 Å². The van der Waals surface area contributed by atoms with Crippen molar-refractivity contribution >= 4 is 5.91 Å². The summed E-state index contributed by atoms with van der Waals surface area (Å²) in [5.74, 6) is 0.0639. The van der Waals surface area contributed by atoms with Crippen molar-refractivity contribution in [3.8, 4) is 0 Å². The molecule has 64 valence electrons. The van der Waals surface area contributed by atoms with Crippen molar-refractivity contribution in [1.82, 2.24) is 10.6 Å². The third-order valence-electron chi connectivity index (χ3n) is 2.16. The minimum absolute atomic E-state index is 0.0223. The topological polar surface area (TPSA) is 61.4 Å². The smallest absolute Gasteiger partial charge is 0.224 e. The predicted octanol–water partition coefficient (Wildman–Crippen LogP) is -1.44. The lowest BCUT2D eigenvalue weighted by Crippen LogP contribution is -2.33. The van der Waals surface area contributed by atoms with Gasteiger partial charge in [0.1, 0.15) is 0 Å². The number of amides is 1. The fraction of sp³-hybridized carbons (Fsp3) is 0.857.